The first kappa shape index (κ1) is 13.5. The summed E-state index contributed by atoms with van der Waals surface area (Å²) >= 11 is 0. The molecule has 0 atom stereocenters. The molecule has 4 nitrogen and oxygen atoms in total. The van der Waals surface area contributed by atoms with Gasteiger partial charge >= 0.3 is 0 Å². The molecule has 2 aromatic carbocycles. The fraction of sp³-hybridized carbons (Fsp3) is 0.0526. The lowest BCUT2D eigenvalue weighted by Crippen LogP contribution is -1.99. The van der Waals surface area contributed by atoms with Gasteiger partial charge in [0.1, 0.15) is 12.4 Å². The second-order valence-electron chi connectivity index (χ2n) is 5.23. The Bertz CT molecular complexity index is 917. The molecule has 0 aliphatic heterocycles. The Balaban J connectivity index is 1.65. The van der Waals surface area contributed by atoms with E-state index < -0.39 is 0 Å². The number of rotatable bonds is 4. The highest BCUT2D eigenvalue weighted by Gasteiger charge is 2.06. The average Bonchev–Trinajstić information content (AvgIpc) is 3.05. The molecule has 0 spiro atoms. The number of hydrogen-bond acceptors (Lipinski definition) is 3. The van der Waals surface area contributed by atoms with Gasteiger partial charge in [0.05, 0.1) is 5.52 Å². The van der Waals surface area contributed by atoms with Gasteiger partial charge in [-0.15, -0.1) is 0 Å². The molecule has 4 rings (SSSR count). The smallest absolute Gasteiger partial charge is 0.234 e. The molecule has 0 fully saturated rings. The number of hydrogen-bond donors (Lipinski definition) is 0. The predicted octanol–water partition coefficient (Wildman–Crippen LogP) is 4.00. The number of fused-ring (bicyclic) bond motifs is 1. The molecule has 2 heterocycles. The maximum Gasteiger partial charge on any atom is 0.234 e. The molecule has 0 amide bonds. The van der Waals surface area contributed by atoms with E-state index >= 15 is 0 Å². The largest absolute Gasteiger partial charge is 0.489 e. The molecule has 0 bridgehead atoms. The third-order valence-corrected chi connectivity index (χ3v) is 3.68. The first-order valence-electron chi connectivity index (χ1n) is 7.45. The Morgan fingerprint density at radius 1 is 0.870 bits per heavy atom. The van der Waals surface area contributed by atoms with Crippen LogP contribution in [0.5, 0.6) is 5.75 Å². The Morgan fingerprint density at radius 3 is 2.52 bits per heavy atom. The molecule has 112 valence electrons. The van der Waals surface area contributed by atoms with Gasteiger partial charge in [-0.05, 0) is 29.8 Å². The van der Waals surface area contributed by atoms with Gasteiger partial charge in [0.15, 0.2) is 0 Å². The Hall–Kier alpha value is -3.14. The quantitative estimate of drug-likeness (QED) is 0.572. The molecule has 2 aromatic heterocycles. The summed E-state index contributed by atoms with van der Waals surface area (Å²) in [4.78, 5) is 8.61. The van der Waals surface area contributed by atoms with E-state index in [2.05, 4.69) is 28.2 Å². The van der Waals surface area contributed by atoms with Crippen LogP contribution in [0.15, 0.2) is 79.3 Å². The molecular formula is C19H15N3O. The fourth-order valence-electron chi connectivity index (χ4n) is 2.53. The zero-order valence-electron chi connectivity index (χ0n) is 12.5. The molecular weight excluding hydrogens is 286 g/mol. The third-order valence-electron chi connectivity index (χ3n) is 3.68. The highest BCUT2D eigenvalue weighted by atomic mass is 16.5. The summed E-state index contributed by atoms with van der Waals surface area (Å²) in [6, 6.07) is 20.1. The standard InChI is InChI=1S/C19H15N3O/c1-2-5-15(6-3-1)14-23-17-8-7-16-9-12-22(18(16)13-17)19-20-10-4-11-21-19/h1-13H,14H2. The summed E-state index contributed by atoms with van der Waals surface area (Å²) in [5.74, 6) is 1.49. The zero-order valence-corrected chi connectivity index (χ0v) is 12.5. The highest BCUT2D eigenvalue weighted by Crippen LogP contribution is 2.24. The van der Waals surface area contributed by atoms with Crippen molar-refractivity contribution in [2.75, 3.05) is 0 Å². The molecule has 4 heteroatoms. The van der Waals surface area contributed by atoms with Gasteiger partial charge in [-0.2, -0.15) is 0 Å². The zero-order chi connectivity index (χ0) is 15.5. The van der Waals surface area contributed by atoms with Gasteiger partial charge < -0.3 is 4.74 Å². The Morgan fingerprint density at radius 2 is 1.70 bits per heavy atom. The van der Waals surface area contributed by atoms with E-state index in [1.54, 1.807) is 12.4 Å². The molecule has 4 aromatic rings. The van der Waals surface area contributed by atoms with Gasteiger partial charge in [0.2, 0.25) is 5.95 Å². The third kappa shape index (κ3) is 2.79. The highest BCUT2D eigenvalue weighted by molar-refractivity contribution is 5.82. The summed E-state index contributed by atoms with van der Waals surface area (Å²) in [6.45, 7) is 0.550. The molecule has 0 N–H and O–H groups in total. The fourth-order valence-corrected chi connectivity index (χ4v) is 2.53. The summed E-state index contributed by atoms with van der Waals surface area (Å²) in [7, 11) is 0. The molecule has 0 saturated carbocycles. The molecule has 0 radical (unpaired) electrons. The van der Waals surface area contributed by atoms with Crippen LogP contribution in [0.25, 0.3) is 16.9 Å². The maximum atomic E-state index is 5.91. The first-order valence-corrected chi connectivity index (χ1v) is 7.45. The average molecular weight is 301 g/mol. The van der Waals surface area contributed by atoms with Crippen molar-refractivity contribution >= 4 is 10.9 Å². The lowest BCUT2D eigenvalue weighted by molar-refractivity contribution is 0.306. The second-order valence-corrected chi connectivity index (χ2v) is 5.23. The van der Waals surface area contributed by atoms with E-state index in [0.29, 0.717) is 12.6 Å². The van der Waals surface area contributed by atoms with Crippen molar-refractivity contribution in [2.45, 2.75) is 6.61 Å². The minimum atomic E-state index is 0.550. The molecule has 0 saturated heterocycles. The lowest BCUT2D eigenvalue weighted by Gasteiger charge is -2.08. The van der Waals surface area contributed by atoms with Gasteiger partial charge in [-0.3, -0.25) is 4.57 Å². The van der Waals surface area contributed by atoms with Crippen molar-refractivity contribution in [1.82, 2.24) is 14.5 Å². The molecule has 0 aliphatic rings. The lowest BCUT2D eigenvalue weighted by atomic mass is 10.2. The van der Waals surface area contributed by atoms with Crippen LogP contribution in [0, 0.1) is 0 Å². The van der Waals surface area contributed by atoms with Crippen LogP contribution in [0.2, 0.25) is 0 Å². The Kier molecular flexibility index (Phi) is 3.48. The van der Waals surface area contributed by atoms with Crippen molar-refractivity contribution in [3.05, 3.63) is 84.8 Å². The topological polar surface area (TPSA) is 39.9 Å². The van der Waals surface area contributed by atoms with Gasteiger partial charge in [-0.25, -0.2) is 9.97 Å². The summed E-state index contributed by atoms with van der Waals surface area (Å²) in [5.41, 5.74) is 2.18. The van der Waals surface area contributed by atoms with Crippen molar-refractivity contribution in [2.24, 2.45) is 0 Å². The van der Waals surface area contributed by atoms with E-state index in [-0.39, 0.29) is 0 Å². The first-order chi connectivity index (χ1) is 11.4. The van der Waals surface area contributed by atoms with E-state index in [1.807, 2.05) is 53.2 Å². The second kappa shape index (κ2) is 5.93. The van der Waals surface area contributed by atoms with Crippen LogP contribution in [-0.2, 0) is 6.61 Å². The van der Waals surface area contributed by atoms with E-state index in [0.717, 1.165) is 22.2 Å². The molecule has 0 unspecified atom stereocenters. The van der Waals surface area contributed by atoms with Crippen LogP contribution in [-0.4, -0.2) is 14.5 Å². The van der Waals surface area contributed by atoms with Crippen LogP contribution >= 0.6 is 0 Å². The normalized spacial score (nSPS) is 10.8. The van der Waals surface area contributed by atoms with Gasteiger partial charge in [-0.1, -0.05) is 30.3 Å². The SMILES string of the molecule is c1ccc(COc2ccc3ccn(-c4ncccn4)c3c2)cc1. The number of nitrogens with zero attached hydrogens (tertiary/aromatic N) is 3. The van der Waals surface area contributed by atoms with E-state index in [1.165, 1.54) is 0 Å². The van der Waals surface area contributed by atoms with Crippen LogP contribution in [0.3, 0.4) is 0 Å². The van der Waals surface area contributed by atoms with Crippen molar-refractivity contribution in [1.29, 1.82) is 0 Å². The van der Waals surface area contributed by atoms with E-state index in [4.69, 9.17) is 4.74 Å². The van der Waals surface area contributed by atoms with E-state index in [9.17, 15) is 0 Å². The summed E-state index contributed by atoms with van der Waals surface area (Å²) in [5, 5.41) is 1.13. The van der Waals surface area contributed by atoms with Crippen molar-refractivity contribution < 1.29 is 4.74 Å². The van der Waals surface area contributed by atoms with Crippen LogP contribution < -0.4 is 4.74 Å². The summed E-state index contributed by atoms with van der Waals surface area (Å²) in [6.07, 6.45) is 5.45. The minimum absolute atomic E-state index is 0.550. The van der Waals surface area contributed by atoms with Crippen LogP contribution in [0.1, 0.15) is 5.56 Å². The number of ether oxygens (including phenoxy) is 1. The predicted molar refractivity (Wildman–Crippen MR) is 89.6 cm³/mol. The maximum absolute atomic E-state index is 5.91. The van der Waals surface area contributed by atoms with Gasteiger partial charge in [0, 0.05) is 30.0 Å². The summed E-state index contributed by atoms with van der Waals surface area (Å²) < 4.78 is 7.87. The number of aromatic nitrogens is 3. The molecule has 23 heavy (non-hydrogen) atoms. The molecule has 0 aliphatic carbocycles. The monoisotopic (exact) mass is 301 g/mol. The van der Waals surface area contributed by atoms with Gasteiger partial charge in [0.25, 0.3) is 0 Å². The van der Waals surface area contributed by atoms with Crippen molar-refractivity contribution in [3.8, 4) is 11.7 Å². The Labute approximate surface area is 134 Å². The number of benzene rings is 2. The van der Waals surface area contributed by atoms with Crippen LogP contribution in [0.4, 0.5) is 0 Å². The van der Waals surface area contributed by atoms with Crippen molar-refractivity contribution in [3.63, 3.8) is 0 Å². The minimum Gasteiger partial charge on any atom is -0.489 e.